The normalized spacial score (nSPS) is 15.0. The van der Waals surface area contributed by atoms with Crippen molar-refractivity contribution in [2.45, 2.75) is 20.4 Å². The molecule has 0 aliphatic carbocycles. The zero-order valence-electron chi connectivity index (χ0n) is 15.6. The molecule has 7 heteroatoms. The van der Waals surface area contributed by atoms with Gasteiger partial charge in [-0.25, -0.2) is 0 Å². The lowest BCUT2D eigenvalue weighted by molar-refractivity contribution is -0.385. The van der Waals surface area contributed by atoms with Crippen LogP contribution in [-0.4, -0.2) is 41.9 Å². The number of nitro benzene ring substituents is 1. The molecule has 1 heterocycles. The Morgan fingerprint density at radius 1 is 1.15 bits per heavy atom. The van der Waals surface area contributed by atoms with E-state index in [-0.39, 0.29) is 11.3 Å². The van der Waals surface area contributed by atoms with E-state index in [9.17, 15) is 14.9 Å². The molecule has 1 aliphatic rings. The first kappa shape index (κ1) is 18.8. The van der Waals surface area contributed by atoms with Crippen molar-refractivity contribution in [2.24, 2.45) is 5.73 Å². The Kier molecular flexibility index (Phi) is 5.41. The lowest BCUT2D eigenvalue weighted by Crippen LogP contribution is -2.46. The van der Waals surface area contributed by atoms with E-state index >= 15 is 0 Å². The molecule has 142 valence electrons. The first-order valence-corrected chi connectivity index (χ1v) is 8.97. The Morgan fingerprint density at radius 2 is 1.85 bits per heavy atom. The average molecular weight is 368 g/mol. The minimum Gasteiger partial charge on any atom is -0.369 e. The van der Waals surface area contributed by atoms with Gasteiger partial charge in [-0.1, -0.05) is 18.2 Å². The number of benzene rings is 2. The van der Waals surface area contributed by atoms with E-state index < -0.39 is 10.8 Å². The highest BCUT2D eigenvalue weighted by Gasteiger charge is 2.22. The smallest absolute Gasteiger partial charge is 0.274 e. The van der Waals surface area contributed by atoms with E-state index in [1.54, 1.807) is 12.1 Å². The molecule has 3 rings (SSSR count). The third kappa shape index (κ3) is 4.09. The summed E-state index contributed by atoms with van der Waals surface area (Å²) in [7, 11) is 0. The number of rotatable bonds is 5. The molecule has 7 nitrogen and oxygen atoms in total. The molecule has 0 spiro atoms. The number of primary amides is 1. The van der Waals surface area contributed by atoms with Gasteiger partial charge in [-0.2, -0.15) is 0 Å². The van der Waals surface area contributed by atoms with Gasteiger partial charge in [0.05, 0.1) is 4.92 Å². The Bertz CT molecular complexity index is 874. The Hall–Kier alpha value is -2.93. The number of carbonyl (C=O) groups is 1. The van der Waals surface area contributed by atoms with Crippen molar-refractivity contribution in [1.29, 1.82) is 0 Å². The highest BCUT2D eigenvalue weighted by atomic mass is 16.6. The first-order valence-electron chi connectivity index (χ1n) is 8.97. The van der Waals surface area contributed by atoms with Crippen LogP contribution in [0.3, 0.4) is 0 Å². The van der Waals surface area contributed by atoms with Crippen LogP contribution < -0.4 is 10.6 Å². The Balaban J connectivity index is 1.70. The number of piperazine rings is 1. The van der Waals surface area contributed by atoms with E-state index in [0.29, 0.717) is 12.1 Å². The second kappa shape index (κ2) is 7.75. The van der Waals surface area contributed by atoms with Crippen LogP contribution in [0.25, 0.3) is 0 Å². The van der Waals surface area contributed by atoms with E-state index in [0.717, 1.165) is 26.2 Å². The zero-order chi connectivity index (χ0) is 19.6. The maximum atomic E-state index is 11.4. The lowest BCUT2D eigenvalue weighted by Gasteiger charge is -2.37. The molecule has 2 aromatic rings. The number of aryl methyl sites for hydroxylation is 1. The molecule has 0 bridgehead atoms. The second-order valence-electron chi connectivity index (χ2n) is 6.95. The van der Waals surface area contributed by atoms with Crippen LogP contribution in [0.15, 0.2) is 36.4 Å². The van der Waals surface area contributed by atoms with Crippen LogP contribution in [0.4, 0.5) is 11.4 Å². The number of hydrogen-bond acceptors (Lipinski definition) is 5. The first-order chi connectivity index (χ1) is 12.9. The molecule has 1 aliphatic heterocycles. The van der Waals surface area contributed by atoms with Crippen LogP contribution in [0, 0.1) is 24.0 Å². The van der Waals surface area contributed by atoms with Gasteiger partial charge >= 0.3 is 0 Å². The molecule has 0 radical (unpaired) electrons. The van der Waals surface area contributed by atoms with Crippen molar-refractivity contribution in [3.63, 3.8) is 0 Å². The van der Waals surface area contributed by atoms with Crippen LogP contribution in [0.2, 0.25) is 0 Å². The number of anilines is 1. The number of nitrogens with zero attached hydrogens (tertiary/aromatic N) is 3. The summed E-state index contributed by atoms with van der Waals surface area (Å²) in [5, 5.41) is 11.4. The number of nitro groups is 1. The summed E-state index contributed by atoms with van der Waals surface area (Å²) in [6, 6.07) is 10.8. The molecule has 2 aromatic carbocycles. The number of amides is 1. The Morgan fingerprint density at radius 3 is 2.48 bits per heavy atom. The van der Waals surface area contributed by atoms with Crippen molar-refractivity contribution < 1.29 is 9.72 Å². The van der Waals surface area contributed by atoms with Gasteiger partial charge in [0, 0.05) is 55.6 Å². The summed E-state index contributed by atoms with van der Waals surface area (Å²) in [6.07, 6.45) is 0. The van der Waals surface area contributed by atoms with Crippen molar-refractivity contribution in [3.8, 4) is 0 Å². The largest absolute Gasteiger partial charge is 0.369 e. The molecule has 0 atom stereocenters. The molecule has 2 N–H and O–H groups in total. The summed E-state index contributed by atoms with van der Waals surface area (Å²) in [5.41, 5.74) is 9.77. The second-order valence-corrected chi connectivity index (χ2v) is 6.95. The Labute approximate surface area is 158 Å². The third-order valence-corrected chi connectivity index (χ3v) is 5.25. The fourth-order valence-electron chi connectivity index (χ4n) is 3.49. The van der Waals surface area contributed by atoms with Crippen LogP contribution in [-0.2, 0) is 6.54 Å². The molecule has 1 amide bonds. The van der Waals surface area contributed by atoms with Gasteiger partial charge in [-0.3, -0.25) is 19.8 Å². The predicted molar refractivity (Wildman–Crippen MR) is 105 cm³/mol. The standard InChI is InChI=1S/C20H24N4O3/c1-14-4-3-5-18(15(14)2)23-10-8-22(9-11-23)13-17-7-6-16(20(21)25)12-19(17)24(26)27/h3-7,12H,8-11,13H2,1-2H3,(H2,21,25). The van der Waals surface area contributed by atoms with Crippen molar-refractivity contribution in [3.05, 3.63) is 68.8 Å². The summed E-state index contributed by atoms with van der Waals surface area (Å²) >= 11 is 0. The van der Waals surface area contributed by atoms with E-state index in [4.69, 9.17) is 5.73 Å². The fraction of sp³-hybridized carbons (Fsp3) is 0.350. The van der Waals surface area contributed by atoms with Crippen LogP contribution in [0.1, 0.15) is 27.0 Å². The van der Waals surface area contributed by atoms with E-state index in [2.05, 4.69) is 41.8 Å². The average Bonchev–Trinajstić information content (AvgIpc) is 2.65. The quantitative estimate of drug-likeness (QED) is 0.647. The number of nitrogens with two attached hydrogens (primary N) is 1. The number of carbonyl (C=O) groups excluding carboxylic acids is 1. The summed E-state index contributed by atoms with van der Waals surface area (Å²) in [5.74, 6) is -0.660. The van der Waals surface area contributed by atoms with Gasteiger partial charge in [0.15, 0.2) is 0 Å². The SMILES string of the molecule is Cc1cccc(N2CCN(Cc3ccc(C(N)=O)cc3[N+](=O)[O-])CC2)c1C. The van der Waals surface area contributed by atoms with Crippen molar-refractivity contribution in [2.75, 3.05) is 31.1 Å². The monoisotopic (exact) mass is 368 g/mol. The molecule has 1 saturated heterocycles. The van der Waals surface area contributed by atoms with Gasteiger partial charge in [-0.15, -0.1) is 0 Å². The topological polar surface area (TPSA) is 92.7 Å². The van der Waals surface area contributed by atoms with Gasteiger partial charge in [0.1, 0.15) is 0 Å². The van der Waals surface area contributed by atoms with Crippen molar-refractivity contribution in [1.82, 2.24) is 4.90 Å². The minimum atomic E-state index is -0.660. The molecule has 0 saturated carbocycles. The summed E-state index contributed by atoms with van der Waals surface area (Å²) < 4.78 is 0. The van der Waals surface area contributed by atoms with Gasteiger partial charge in [0.25, 0.3) is 5.69 Å². The minimum absolute atomic E-state index is 0.0525. The maximum absolute atomic E-state index is 11.4. The van der Waals surface area contributed by atoms with Crippen LogP contribution in [0.5, 0.6) is 0 Å². The molecule has 0 unspecified atom stereocenters. The van der Waals surface area contributed by atoms with Gasteiger partial charge in [0.2, 0.25) is 5.91 Å². The van der Waals surface area contributed by atoms with E-state index in [1.165, 1.54) is 22.9 Å². The molecule has 0 aromatic heterocycles. The van der Waals surface area contributed by atoms with Gasteiger partial charge < -0.3 is 10.6 Å². The third-order valence-electron chi connectivity index (χ3n) is 5.25. The molecular weight excluding hydrogens is 344 g/mol. The van der Waals surface area contributed by atoms with E-state index in [1.807, 2.05) is 0 Å². The highest BCUT2D eigenvalue weighted by Crippen LogP contribution is 2.26. The predicted octanol–water partition coefficient (Wildman–Crippen LogP) is 2.63. The molecule has 1 fully saturated rings. The summed E-state index contributed by atoms with van der Waals surface area (Å²) in [6.45, 7) is 8.12. The highest BCUT2D eigenvalue weighted by molar-refractivity contribution is 5.93. The van der Waals surface area contributed by atoms with Crippen molar-refractivity contribution >= 4 is 17.3 Å². The van der Waals surface area contributed by atoms with Crippen LogP contribution >= 0.6 is 0 Å². The van der Waals surface area contributed by atoms with Gasteiger partial charge in [-0.05, 0) is 37.1 Å². The fourth-order valence-corrected chi connectivity index (χ4v) is 3.49. The zero-order valence-corrected chi connectivity index (χ0v) is 15.6. The summed E-state index contributed by atoms with van der Waals surface area (Å²) in [4.78, 5) is 26.8. The maximum Gasteiger partial charge on any atom is 0.274 e. The molecular formula is C20H24N4O3. The molecule has 27 heavy (non-hydrogen) atoms. The number of hydrogen-bond donors (Lipinski definition) is 1. The lowest BCUT2D eigenvalue weighted by atomic mass is 10.1.